The van der Waals surface area contributed by atoms with Gasteiger partial charge in [-0.05, 0) is 55.2 Å². The van der Waals surface area contributed by atoms with E-state index in [0.717, 1.165) is 12.8 Å². The van der Waals surface area contributed by atoms with Crippen LogP contribution in [0.4, 0.5) is 5.69 Å². The number of rotatable bonds is 8. The predicted molar refractivity (Wildman–Crippen MR) is 125 cm³/mol. The highest BCUT2D eigenvalue weighted by Gasteiger charge is 2.44. The summed E-state index contributed by atoms with van der Waals surface area (Å²) >= 11 is 0. The Morgan fingerprint density at radius 1 is 1.00 bits per heavy atom. The van der Waals surface area contributed by atoms with Gasteiger partial charge in [0.25, 0.3) is 15.9 Å². The summed E-state index contributed by atoms with van der Waals surface area (Å²) in [4.78, 5) is 12.9. The molecule has 0 spiro atoms. The molecule has 166 valence electrons. The summed E-state index contributed by atoms with van der Waals surface area (Å²) in [5, 5.41) is 2.99. The largest absolute Gasteiger partial charge is 0.495 e. The highest BCUT2D eigenvalue weighted by Crippen LogP contribution is 2.47. The Balaban J connectivity index is 1.53. The number of hydrogen-bond acceptors (Lipinski definition) is 4. The molecule has 0 saturated heterocycles. The van der Waals surface area contributed by atoms with Crippen molar-refractivity contribution in [2.75, 3.05) is 18.4 Å². The lowest BCUT2D eigenvalue weighted by molar-refractivity contribution is 0.0949. The van der Waals surface area contributed by atoms with Crippen molar-refractivity contribution >= 4 is 21.6 Å². The molecule has 0 heterocycles. The van der Waals surface area contributed by atoms with E-state index in [4.69, 9.17) is 4.74 Å². The first-order chi connectivity index (χ1) is 15.3. The highest BCUT2D eigenvalue weighted by atomic mass is 32.2. The zero-order valence-corrected chi connectivity index (χ0v) is 18.9. The number of sulfonamides is 1. The van der Waals surface area contributed by atoms with Gasteiger partial charge in [-0.3, -0.25) is 9.52 Å². The van der Waals surface area contributed by atoms with Crippen LogP contribution in [0.3, 0.4) is 0 Å². The Hall–Kier alpha value is -3.32. The van der Waals surface area contributed by atoms with Gasteiger partial charge in [0.15, 0.2) is 0 Å². The van der Waals surface area contributed by atoms with Crippen LogP contribution in [-0.2, 0) is 15.4 Å². The van der Waals surface area contributed by atoms with Gasteiger partial charge >= 0.3 is 0 Å². The number of hydrogen-bond donors (Lipinski definition) is 2. The second-order valence-electron chi connectivity index (χ2n) is 8.12. The summed E-state index contributed by atoms with van der Waals surface area (Å²) in [5.41, 5.74) is 2.38. The molecule has 0 aromatic heterocycles. The number of carbonyl (C=O) groups is 1. The molecule has 3 aromatic carbocycles. The van der Waals surface area contributed by atoms with E-state index in [1.165, 1.54) is 18.7 Å². The van der Waals surface area contributed by atoms with E-state index in [1.807, 2.05) is 18.2 Å². The first-order valence-electron chi connectivity index (χ1n) is 10.4. The van der Waals surface area contributed by atoms with Crippen molar-refractivity contribution in [1.29, 1.82) is 0 Å². The van der Waals surface area contributed by atoms with Gasteiger partial charge in [-0.2, -0.15) is 0 Å². The predicted octanol–water partition coefficient (Wildman–Crippen LogP) is 4.27. The fourth-order valence-electron chi connectivity index (χ4n) is 3.82. The van der Waals surface area contributed by atoms with Crippen molar-refractivity contribution in [1.82, 2.24) is 5.32 Å². The highest BCUT2D eigenvalue weighted by molar-refractivity contribution is 7.92. The van der Waals surface area contributed by atoms with Crippen molar-refractivity contribution in [3.63, 3.8) is 0 Å². The molecule has 1 aliphatic carbocycles. The number of anilines is 1. The van der Waals surface area contributed by atoms with E-state index < -0.39 is 10.0 Å². The monoisotopic (exact) mass is 450 g/mol. The molecular formula is C25H26N2O4S. The number of aryl methyl sites for hydroxylation is 1. The van der Waals surface area contributed by atoms with E-state index in [0.29, 0.717) is 29.1 Å². The molecular weight excluding hydrogens is 424 g/mol. The van der Waals surface area contributed by atoms with Crippen molar-refractivity contribution in [3.8, 4) is 5.75 Å². The first kappa shape index (κ1) is 21.9. The normalized spacial score (nSPS) is 14.4. The maximum absolute atomic E-state index is 13.1. The van der Waals surface area contributed by atoms with Crippen LogP contribution in [0.25, 0.3) is 0 Å². The molecule has 32 heavy (non-hydrogen) atoms. The third kappa shape index (κ3) is 4.48. The minimum Gasteiger partial charge on any atom is -0.495 e. The molecule has 1 amide bonds. The van der Waals surface area contributed by atoms with Crippen LogP contribution in [0.2, 0.25) is 0 Å². The van der Waals surface area contributed by atoms with Crippen LogP contribution in [0.1, 0.15) is 34.3 Å². The zero-order valence-electron chi connectivity index (χ0n) is 18.1. The topological polar surface area (TPSA) is 84.5 Å². The summed E-state index contributed by atoms with van der Waals surface area (Å²) in [6, 6.07) is 21.6. The lowest BCUT2D eigenvalue weighted by Gasteiger charge is -2.17. The van der Waals surface area contributed by atoms with Crippen LogP contribution in [0, 0.1) is 6.92 Å². The molecule has 0 radical (unpaired) electrons. The number of ether oxygens (including phenoxy) is 1. The van der Waals surface area contributed by atoms with E-state index in [-0.39, 0.29) is 16.2 Å². The number of methoxy groups -OCH3 is 1. The zero-order chi connectivity index (χ0) is 22.8. The smallest absolute Gasteiger partial charge is 0.262 e. The standard InChI is InChI=1S/C25H26N2O4S/c1-18-12-13-19(24(28)26-17-25(14-15-25)20-8-4-3-5-9-20)16-23(18)32(29,30)27-21-10-6-7-11-22(21)31-2/h3-13,16,27H,14-15,17H2,1-2H3,(H,26,28). The molecule has 4 rings (SSSR count). The fraction of sp³-hybridized carbons (Fsp3) is 0.240. The summed E-state index contributed by atoms with van der Waals surface area (Å²) in [6.07, 6.45) is 2.04. The van der Waals surface area contributed by atoms with Gasteiger partial charge in [-0.1, -0.05) is 48.5 Å². The van der Waals surface area contributed by atoms with E-state index >= 15 is 0 Å². The second kappa shape index (κ2) is 8.67. The Labute approximate surface area is 188 Å². The molecule has 0 atom stereocenters. The molecule has 1 aliphatic rings. The number of amides is 1. The summed E-state index contributed by atoms with van der Waals surface area (Å²) in [6.45, 7) is 2.22. The number of carbonyl (C=O) groups excluding carboxylic acids is 1. The third-order valence-corrected chi connectivity index (χ3v) is 7.43. The number of benzene rings is 3. The molecule has 1 saturated carbocycles. The maximum Gasteiger partial charge on any atom is 0.262 e. The Bertz CT molecular complexity index is 1240. The van der Waals surface area contributed by atoms with Crippen LogP contribution >= 0.6 is 0 Å². The first-order valence-corrected chi connectivity index (χ1v) is 11.9. The van der Waals surface area contributed by atoms with Crippen LogP contribution < -0.4 is 14.8 Å². The molecule has 0 bridgehead atoms. The third-order valence-electron chi connectivity index (χ3n) is 5.92. The van der Waals surface area contributed by atoms with Crippen molar-refractivity contribution in [3.05, 3.63) is 89.5 Å². The van der Waals surface area contributed by atoms with Crippen LogP contribution in [0.15, 0.2) is 77.7 Å². The van der Waals surface area contributed by atoms with Gasteiger partial charge in [0.05, 0.1) is 17.7 Å². The average molecular weight is 451 g/mol. The summed E-state index contributed by atoms with van der Waals surface area (Å²) < 4.78 is 34.0. The summed E-state index contributed by atoms with van der Waals surface area (Å²) in [5.74, 6) is 0.124. The Morgan fingerprint density at radius 3 is 2.38 bits per heavy atom. The second-order valence-corrected chi connectivity index (χ2v) is 9.77. The Kier molecular flexibility index (Phi) is 5.93. The maximum atomic E-state index is 13.1. The SMILES string of the molecule is COc1ccccc1NS(=O)(=O)c1cc(C(=O)NCC2(c3ccccc3)CC2)ccc1C. The number of nitrogens with one attached hydrogen (secondary N) is 2. The van der Waals surface area contributed by atoms with Gasteiger partial charge in [0.2, 0.25) is 0 Å². The lowest BCUT2D eigenvalue weighted by Crippen LogP contribution is -2.32. The molecule has 0 unspecified atom stereocenters. The molecule has 3 aromatic rings. The fourth-order valence-corrected chi connectivity index (χ4v) is 5.16. The van der Waals surface area contributed by atoms with Crippen molar-refractivity contribution in [2.24, 2.45) is 0 Å². The number of para-hydroxylation sites is 2. The van der Waals surface area contributed by atoms with E-state index in [2.05, 4.69) is 22.2 Å². The van der Waals surface area contributed by atoms with Gasteiger partial charge in [-0.15, -0.1) is 0 Å². The van der Waals surface area contributed by atoms with Gasteiger partial charge < -0.3 is 10.1 Å². The minimum absolute atomic E-state index is 0.0259. The molecule has 1 fully saturated rings. The van der Waals surface area contributed by atoms with Crippen molar-refractivity contribution < 1.29 is 17.9 Å². The minimum atomic E-state index is -3.92. The molecule has 7 heteroatoms. The van der Waals surface area contributed by atoms with Crippen molar-refractivity contribution in [2.45, 2.75) is 30.1 Å². The quantitative estimate of drug-likeness (QED) is 0.537. The molecule has 0 aliphatic heterocycles. The van der Waals surface area contributed by atoms with E-state index in [1.54, 1.807) is 43.3 Å². The summed E-state index contributed by atoms with van der Waals surface area (Å²) in [7, 11) is -2.44. The van der Waals surface area contributed by atoms with Crippen LogP contribution in [0.5, 0.6) is 5.75 Å². The Morgan fingerprint density at radius 2 is 1.69 bits per heavy atom. The van der Waals surface area contributed by atoms with Gasteiger partial charge in [0, 0.05) is 17.5 Å². The van der Waals surface area contributed by atoms with Crippen LogP contribution in [-0.4, -0.2) is 28.0 Å². The lowest BCUT2D eigenvalue weighted by atomic mass is 9.96. The molecule has 2 N–H and O–H groups in total. The van der Waals surface area contributed by atoms with Gasteiger partial charge in [0.1, 0.15) is 5.75 Å². The molecule has 6 nitrogen and oxygen atoms in total. The van der Waals surface area contributed by atoms with Gasteiger partial charge in [-0.25, -0.2) is 8.42 Å². The average Bonchev–Trinajstić information content (AvgIpc) is 3.59. The van der Waals surface area contributed by atoms with E-state index in [9.17, 15) is 13.2 Å².